The van der Waals surface area contributed by atoms with Gasteiger partial charge < -0.3 is 15.8 Å². The zero-order valence-corrected chi connectivity index (χ0v) is 10.1. The minimum atomic E-state index is -0.749. The summed E-state index contributed by atoms with van der Waals surface area (Å²) in [6.07, 6.45) is 3.31. The maximum Gasteiger partial charge on any atom is 0.236 e. The molecule has 92 valence electrons. The first-order valence-corrected chi connectivity index (χ1v) is 5.89. The standard InChI is InChI=1S/C11H21N3O2/c1-3-14(4-2)10(15)11(9(12)13-16)7-5-6-8-11/h16H,3-8H2,1-2H3,(H2,12,13). The lowest BCUT2D eigenvalue weighted by molar-refractivity contribution is -0.137. The van der Waals surface area contributed by atoms with Crippen molar-refractivity contribution in [3.8, 4) is 0 Å². The van der Waals surface area contributed by atoms with Crippen molar-refractivity contribution in [1.29, 1.82) is 0 Å². The predicted octanol–water partition coefficient (Wildman–Crippen LogP) is 1.16. The summed E-state index contributed by atoms with van der Waals surface area (Å²) in [6.45, 7) is 5.21. The Balaban J connectivity index is 2.98. The van der Waals surface area contributed by atoms with Gasteiger partial charge in [-0.05, 0) is 26.7 Å². The lowest BCUT2D eigenvalue weighted by atomic mass is 9.83. The summed E-state index contributed by atoms with van der Waals surface area (Å²) < 4.78 is 0. The molecule has 5 nitrogen and oxygen atoms in total. The lowest BCUT2D eigenvalue weighted by Gasteiger charge is -2.32. The third-order valence-electron chi connectivity index (χ3n) is 3.52. The van der Waals surface area contributed by atoms with E-state index in [1.807, 2.05) is 13.8 Å². The van der Waals surface area contributed by atoms with Crippen LogP contribution in [-0.2, 0) is 4.79 Å². The smallest absolute Gasteiger partial charge is 0.236 e. The Labute approximate surface area is 96.3 Å². The van der Waals surface area contributed by atoms with E-state index in [2.05, 4.69) is 5.16 Å². The van der Waals surface area contributed by atoms with Crippen molar-refractivity contribution in [3.05, 3.63) is 0 Å². The predicted molar refractivity (Wildman–Crippen MR) is 62.2 cm³/mol. The highest BCUT2D eigenvalue weighted by molar-refractivity contribution is 6.07. The van der Waals surface area contributed by atoms with Crippen LogP contribution in [-0.4, -0.2) is 34.9 Å². The van der Waals surface area contributed by atoms with Gasteiger partial charge in [0.2, 0.25) is 5.91 Å². The van der Waals surface area contributed by atoms with Crippen molar-refractivity contribution in [1.82, 2.24) is 4.90 Å². The molecule has 0 aliphatic heterocycles. The highest BCUT2D eigenvalue weighted by Crippen LogP contribution is 2.40. The van der Waals surface area contributed by atoms with Crippen molar-refractivity contribution >= 4 is 11.7 Å². The molecule has 5 heteroatoms. The summed E-state index contributed by atoms with van der Waals surface area (Å²) in [4.78, 5) is 14.1. The van der Waals surface area contributed by atoms with Crippen LogP contribution in [0.25, 0.3) is 0 Å². The molecule has 0 radical (unpaired) electrons. The second kappa shape index (κ2) is 5.18. The molecule has 1 amide bonds. The summed E-state index contributed by atoms with van der Waals surface area (Å²) >= 11 is 0. The summed E-state index contributed by atoms with van der Waals surface area (Å²) in [7, 11) is 0. The van der Waals surface area contributed by atoms with Crippen LogP contribution in [0.1, 0.15) is 39.5 Å². The number of rotatable bonds is 4. The van der Waals surface area contributed by atoms with Gasteiger partial charge >= 0.3 is 0 Å². The van der Waals surface area contributed by atoms with Crippen molar-refractivity contribution in [2.45, 2.75) is 39.5 Å². The molecular weight excluding hydrogens is 206 g/mol. The van der Waals surface area contributed by atoms with Crippen molar-refractivity contribution in [3.63, 3.8) is 0 Å². The Hall–Kier alpha value is -1.26. The molecule has 0 spiro atoms. The first-order valence-electron chi connectivity index (χ1n) is 5.89. The third kappa shape index (κ3) is 1.99. The van der Waals surface area contributed by atoms with E-state index in [0.717, 1.165) is 12.8 Å². The number of hydrogen-bond donors (Lipinski definition) is 2. The number of carbonyl (C=O) groups excluding carboxylic acids is 1. The van der Waals surface area contributed by atoms with Gasteiger partial charge in [-0.1, -0.05) is 18.0 Å². The van der Waals surface area contributed by atoms with E-state index in [1.165, 1.54) is 0 Å². The molecule has 1 rings (SSSR count). The Morgan fingerprint density at radius 3 is 2.25 bits per heavy atom. The van der Waals surface area contributed by atoms with Crippen LogP contribution >= 0.6 is 0 Å². The normalized spacial score (nSPS) is 19.8. The number of nitrogens with zero attached hydrogens (tertiary/aromatic N) is 2. The molecule has 0 aromatic rings. The fourth-order valence-corrected chi connectivity index (χ4v) is 2.47. The molecule has 0 heterocycles. The van der Waals surface area contributed by atoms with Crippen LogP contribution in [0.2, 0.25) is 0 Å². The quantitative estimate of drug-likeness (QED) is 0.327. The van der Waals surface area contributed by atoms with E-state index in [4.69, 9.17) is 10.9 Å². The summed E-state index contributed by atoms with van der Waals surface area (Å²) in [6, 6.07) is 0. The van der Waals surface area contributed by atoms with Gasteiger partial charge in [-0.3, -0.25) is 4.79 Å². The van der Waals surface area contributed by atoms with E-state index >= 15 is 0 Å². The molecule has 0 aromatic heterocycles. The topological polar surface area (TPSA) is 78.9 Å². The molecule has 1 aliphatic rings. The fraction of sp³-hybridized carbons (Fsp3) is 0.818. The number of amides is 1. The van der Waals surface area contributed by atoms with Gasteiger partial charge in [0.05, 0.1) is 0 Å². The second-order valence-corrected chi connectivity index (χ2v) is 4.25. The van der Waals surface area contributed by atoms with Crippen molar-refractivity contribution in [2.24, 2.45) is 16.3 Å². The Morgan fingerprint density at radius 2 is 1.88 bits per heavy atom. The lowest BCUT2D eigenvalue weighted by Crippen LogP contribution is -2.49. The number of oxime groups is 1. The van der Waals surface area contributed by atoms with Gasteiger partial charge in [0.15, 0.2) is 5.84 Å². The van der Waals surface area contributed by atoms with Crippen LogP contribution in [0.5, 0.6) is 0 Å². The Morgan fingerprint density at radius 1 is 1.38 bits per heavy atom. The maximum absolute atomic E-state index is 12.4. The minimum Gasteiger partial charge on any atom is -0.409 e. The van der Waals surface area contributed by atoms with Gasteiger partial charge in [-0.2, -0.15) is 0 Å². The first kappa shape index (κ1) is 12.8. The monoisotopic (exact) mass is 227 g/mol. The Bertz CT molecular complexity index is 279. The molecule has 16 heavy (non-hydrogen) atoms. The first-order chi connectivity index (χ1) is 7.62. The maximum atomic E-state index is 12.4. The van der Waals surface area contributed by atoms with E-state index in [1.54, 1.807) is 4.90 Å². The highest BCUT2D eigenvalue weighted by Gasteiger charge is 2.46. The van der Waals surface area contributed by atoms with Gasteiger partial charge in [0.25, 0.3) is 0 Å². The number of nitrogens with two attached hydrogens (primary N) is 1. The van der Waals surface area contributed by atoms with Gasteiger partial charge in [0.1, 0.15) is 5.41 Å². The molecule has 0 unspecified atom stereocenters. The molecule has 0 atom stereocenters. The van der Waals surface area contributed by atoms with Crippen molar-refractivity contribution < 1.29 is 10.0 Å². The molecule has 0 aromatic carbocycles. The molecule has 1 fully saturated rings. The van der Waals surface area contributed by atoms with Gasteiger partial charge in [0, 0.05) is 13.1 Å². The van der Waals surface area contributed by atoms with E-state index in [0.29, 0.717) is 25.9 Å². The van der Waals surface area contributed by atoms with Crippen LogP contribution in [0.15, 0.2) is 5.16 Å². The molecule has 1 aliphatic carbocycles. The van der Waals surface area contributed by atoms with E-state index in [9.17, 15) is 4.79 Å². The average molecular weight is 227 g/mol. The van der Waals surface area contributed by atoms with Gasteiger partial charge in [-0.15, -0.1) is 0 Å². The van der Waals surface area contributed by atoms with Crippen LogP contribution in [0.3, 0.4) is 0 Å². The van der Waals surface area contributed by atoms with E-state index < -0.39 is 5.41 Å². The average Bonchev–Trinajstić information content (AvgIpc) is 2.79. The molecule has 0 saturated heterocycles. The van der Waals surface area contributed by atoms with Crippen LogP contribution < -0.4 is 5.73 Å². The minimum absolute atomic E-state index is 0.00491. The van der Waals surface area contributed by atoms with Crippen LogP contribution in [0.4, 0.5) is 0 Å². The largest absolute Gasteiger partial charge is 0.409 e. The van der Waals surface area contributed by atoms with Gasteiger partial charge in [-0.25, -0.2) is 0 Å². The number of hydrogen-bond acceptors (Lipinski definition) is 3. The fourth-order valence-electron chi connectivity index (χ4n) is 2.47. The summed E-state index contributed by atoms with van der Waals surface area (Å²) in [5.41, 5.74) is 4.96. The SMILES string of the molecule is CCN(CC)C(=O)C1(C(N)=NO)CCCC1. The number of amidine groups is 1. The zero-order valence-electron chi connectivity index (χ0n) is 10.1. The molecular formula is C11H21N3O2. The van der Waals surface area contributed by atoms with Crippen LogP contribution in [0, 0.1) is 5.41 Å². The molecule has 0 bridgehead atoms. The Kier molecular flexibility index (Phi) is 4.15. The van der Waals surface area contributed by atoms with E-state index in [-0.39, 0.29) is 11.7 Å². The summed E-state index contributed by atoms with van der Waals surface area (Å²) in [5.74, 6) is 0.0761. The molecule has 1 saturated carbocycles. The highest BCUT2D eigenvalue weighted by atomic mass is 16.4. The zero-order chi connectivity index (χ0) is 12.2. The second-order valence-electron chi connectivity index (χ2n) is 4.25. The molecule has 3 N–H and O–H groups in total. The van der Waals surface area contributed by atoms with Crippen molar-refractivity contribution in [2.75, 3.05) is 13.1 Å². The number of carbonyl (C=O) groups is 1. The summed E-state index contributed by atoms with van der Waals surface area (Å²) in [5, 5.41) is 11.9. The third-order valence-corrected chi connectivity index (χ3v) is 3.52.